The van der Waals surface area contributed by atoms with E-state index in [4.69, 9.17) is 0 Å². The van der Waals surface area contributed by atoms with Gasteiger partial charge in [0.05, 0.1) is 10.7 Å². The van der Waals surface area contributed by atoms with E-state index in [1.165, 1.54) is 0 Å². The molecule has 122 valence electrons. The molecule has 1 fully saturated rings. The average Bonchev–Trinajstić information content (AvgIpc) is 3.09. The summed E-state index contributed by atoms with van der Waals surface area (Å²) in [6, 6.07) is 3.94. The highest BCUT2D eigenvalue weighted by molar-refractivity contribution is 7.09. The normalized spacial score (nSPS) is 15.5. The molecule has 0 bridgehead atoms. The number of pyridine rings is 1. The summed E-state index contributed by atoms with van der Waals surface area (Å²) in [7, 11) is 0. The van der Waals surface area contributed by atoms with Crippen molar-refractivity contribution in [3.05, 3.63) is 34.9 Å². The van der Waals surface area contributed by atoms with E-state index in [1.54, 1.807) is 23.7 Å². The molecule has 0 saturated carbocycles. The quantitative estimate of drug-likeness (QED) is 0.797. The Labute approximate surface area is 140 Å². The lowest BCUT2D eigenvalue weighted by atomic mass is 9.97. The Balaban J connectivity index is 1.41. The van der Waals surface area contributed by atoms with Gasteiger partial charge in [-0.15, -0.1) is 11.3 Å². The molecule has 3 rings (SSSR count). The van der Waals surface area contributed by atoms with Crippen LogP contribution in [0.15, 0.2) is 29.9 Å². The fourth-order valence-electron chi connectivity index (χ4n) is 2.76. The number of amides is 1. The van der Waals surface area contributed by atoms with E-state index in [0.29, 0.717) is 0 Å². The van der Waals surface area contributed by atoms with Gasteiger partial charge >= 0.3 is 0 Å². The average molecular weight is 330 g/mol. The number of piperidine rings is 1. The maximum atomic E-state index is 12.0. The molecule has 0 spiro atoms. The standard InChI is InChI=1S/C17H22N4OS/c22-17(14-5-10-19-11-6-14)20-7-1-2-16-21-15(12-23-16)13-3-8-18-9-4-13/h3-4,8-9,12,14,19H,1-2,5-7,10-11H2,(H,20,22). The zero-order valence-electron chi connectivity index (χ0n) is 13.1. The van der Waals surface area contributed by atoms with Gasteiger partial charge in [0, 0.05) is 42.2 Å². The second-order valence-corrected chi connectivity index (χ2v) is 6.72. The first-order valence-electron chi connectivity index (χ1n) is 8.16. The van der Waals surface area contributed by atoms with Crippen LogP contribution in [-0.2, 0) is 11.2 Å². The summed E-state index contributed by atoms with van der Waals surface area (Å²) in [6.07, 6.45) is 7.30. The number of carbonyl (C=O) groups excluding carboxylic acids is 1. The molecule has 1 aliphatic rings. The van der Waals surface area contributed by atoms with Gasteiger partial charge in [-0.25, -0.2) is 4.98 Å². The highest BCUT2D eigenvalue weighted by atomic mass is 32.1. The van der Waals surface area contributed by atoms with Crippen LogP contribution in [0.1, 0.15) is 24.3 Å². The van der Waals surface area contributed by atoms with E-state index in [1.807, 2.05) is 12.1 Å². The van der Waals surface area contributed by atoms with E-state index in [9.17, 15) is 4.79 Å². The number of thiazole rings is 1. The summed E-state index contributed by atoms with van der Waals surface area (Å²) < 4.78 is 0. The number of aromatic nitrogens is 2. The van der Waals surface area contributed by atoms with Crippen LogP contribution >= 0.6 is 11.3 Å². The predicted molar refractivity (Wildman–Crippen MR) is 92.3 cm³/mol. The number of rotatable bonds is 6. The lowest BCUT2D eigenvalue weighted by molar-refractivity contribution is -0.125. The number of hydrogen-bond donors (Lipinski definition) is 2. The van der Waals surface area contributed by atoms with Crippen LogP contribution in [0.4, 0.5) is 0 Å². The second kappa shape index (κ2) is 8.17. The Morgan fingerprint density at radius 2 is 2.09 bits per heavy atom. The molecule has 2 aromatic rings. The summed E-state index contributed by atoms with van der Waals surface area (Å²) in [5.74, 6) is 0.400. The summed E-state index contributed by atoms with van der Waals surface area (Å²) >= 11 is 1.68. The van der Waals surface area contributed by atoms with Crippen LogP contribution in [0.3, 0.4) is 0 Å². The second-order valence-electron chi connectivity index (χ2n) is 5.78. The summed E-state index contributed by atoms with van der Waals surface area (Å²) in [4.78, 5) is 20.7. The number of nitrogens with zero attached hydrogens (tertiary/aromatic N) is 2. The Morgan fingerprint density at radius 1 is 1.30 bits per heavy atom. The smallest absolute Gasteiger partial charge is 0.223 e. The first-order chi connectivity index (χ1) is 11.3. The third kappa shape index (κ3) is 4.59. The summed E-state index contributed by atoms with van der Waals surface area (Å²) in [6.45, 7) is 2.64. The van der Waals surface area contributed by atoms with Crippen LogP contribution in [0.25, 0.3) is 11.3 Å². The highest BCUT2D eigenvalue weighted by Crippen LogP contribution is 2.21. The zero-order chi connectivity index (χ0) is 15.9. The van der Waals surface area contributed by atoms with Crippen molar-refractivity contribution in [3.8, 4) is 11.3 Å². The van der Waals surface area contributed by atoms with Crippen molar-refractivity contribution in [1.82, 2.24) is 20.6 Å². The molecule has 2 aromatic heterocycles. The van der Waals surface area contributed by atoms with Gasteiger partial charge in [-0.1, -0.05) is 0 Å². The fraction of sp³-hybridized carbons (Fsp3) is 0.471. The van der Waals surface area contributed by atoms with Gasteiger partial charge in [0.2, 0.25) is 5.91 Å². The topological polar surface area (TPSA) is 66.9 Å². The largest absolute Gasteiger partial charge is 0.356 e. The minimum absolute atomic E-state index is 0.189. The molecule has 1 aliphatic heterocycles. The van der Waals surface area contributed by atoms with Gasteiger partial charge in [-0.05, 0) is 44.5 Å². The van der Waals surface area contributed by atoms with Gasteiger partial charge in [0.25, 0.3) is 0 Å². The molecule has 0 aliphatic carbocycles. The summed E-state index contributed by atoms with van der Waals surface area (Å²) in [5.41, 5.74) is 2.10. The van der Waals surface area contributed by atoms with Crippen molar-refractivity contribution in [1.29, 1.82) is 0 Å². The van der Waals surface area contributed by atoms with Crippen molar-refractivity contribution in [2.45, 2.75) is 25.7 Å². The first-order valence-corrected chi connectivity index (χ1v) is 9.04. The fourth-order valence-corrected chi connectivity index (χ4v) is 3.61. The lowest BCUT2D eigenvalue weighted by Gasteiger charge is -2.21. The lowest BCUT2D eigenvalue weighted by Crippen LogP contribution is -2.38. The zero-order valence-corrected chi connectivity index (χ0v) is 13.9. The van der Waals surface area contributed by atoms with Gasteiger partial charge in [0.1, 0.15) is 0 Å². The van der Waals surface area contributed by atoms with Crippen LogP contribution in [0, 0.1) is 5.92 Å². The van der Waals surface area contributed by atoms with Gasteiger partial charge in [-0.2, -0.15) is 0 Å². The maximum Gasteiger partial charge on any atom is 0.223 e. The molecular weight excluding hydrogens is 308 g/mol. The molecule has 0 atom stereocenters. The Hall–Kier alpha value is -1.79. The highest BCUT2D eigenvalue weighted by Gasteiger charge is 2.20. The Bertz CT molecular complexity index is 623. The van der Waals surface area contributed by atoms with Crippen molar-refractivity contribution in [2.24, 2.45) is 5.92 Å². The molecule has 2 N–H and O–H groups in total. The van der Waals surface area contributed by atoms with E-state index in [2.05, 4.69) is 26.0 Å². The van der Waals surface area contributed by atoms with Crippen molar-refractivity contribution >= 4 is 17.2 Å². The minimum Gasteiger partial charge on any atom is -0.356 e. The predicted octanol–water partition coefficient (Wildman–Crippen LogP) is 2.25. The van der Waals surface area contributed by atoms with Crippen molar-refractivity contribution in [2.75, 3.05) is 19.6 Å². The molecule has 1 amide bonds. The van der Waals surface area contributed by atoms with Crippen LogP contribution in [-0.4, -0.2) is 35.5 Å². The van der Waals surface area contributed by atoms with Crippen LogP contribution in [0.2, 0.25) is 0 Å². The minimum atomic E-state index is 0.189. The monoisotopic (exact) mass is 330 g/mol. The molecule has 0 aromatic carbocycles. The number of nitrogens with one attached hydrogen (secondary N) is 2. The van der Waals surface area contributed by atoms with Crippen LogP contribution in [0.5, 0.6) is 0 Å². The molecule has 23 heavy (non-hydrogen) atoms. The molecule has 1 saturated heterocycles. The third-order valence-corrected chi connectivity index (χ3v) is 5.01. The van der Waals surface area contributed by atoms with E-state index in [-0.39, 0.29) is 11.8 Å². The summed E-state index contributed by atoms with van der Waals surface area (Å²) in [5, 5.41) is 9.55. The van der Waals surface area contributed by atoms with Gasteiger partial charge < -0.3 is 10.6 Å². The van der Waals surface area contributed by atoms with E-state index >= 15 is 0 Å². The van der Waals surface area contributed by atoms with E-state index in [0.717, 1.165) is 61.6 Å². The molecule has 6 heteroatoms. The molecular formula is C17H22N4OS. The van der Waals surface area contributed by atoms with Crippen LogP contribution < -0.4 is 10.6 Å². The molecule has 0 unspecified atom stereocenters. The number of aryl methyl sites for hydroxylation is 1. The number of carbonyl (C=O) groups is 1. The maximum absolute atomic E-state index is 12.0. The number of hydrogen-bond acceptors (Lipinski definition) is 5. The Kier molecular flexibility index (Phi) is 5.71. The van der Waals surface area contributed by atoms with E-state index < -0.39 is 0 Å². The van der Waals surface area contributed by atoms with Crippen molar-refractivity contribution < 1.29 is 4.79 Å². The molecule has 0 radical (unpaired) electrons. The van der Waals surface area contributed by atoms with Crippen molar-refractivity contribution in [3.63, 3.8) is 0 Å². The van der Waals surface area contributed by atoms with Gasteiger partial charge in [0.15, 0.2) is 0 Å². The first kappa shape index (κ1) is 16.1. The SMILES string of the molecule is O=C(NCCCc1nc(-c2ccncc2)cs1)C1CCNCC1. The van der Waals surface area contributed by atoms with Gasteiger partial charge in [-0.3, -0.25) is 9.78 Å². The molecule has 5 nitrogen and oxygen atoms in total. The third-order valence-electron chi connectivity index (χ3n) is 4.10. The Morgan fingerprint density at radius 3 is 2.87 bits per heavy atom. The molecule has 3 heterocycles.